The lowest BCUT2D eigenvalue weighted by Crippen LogP contribution is -2.30. The van der Waals surface area contributed by atoms with Crippen LogP contribution in [0.15, 0.2) is 52.5 Å². The van der Waals surface area contributed by atoms with Gasteiger partial charge in [-0.2, -0.15) is 11.8 Å². The molecule has 5 heteroatoms. The molecule has 25 heavy (non-hydrogen) atoms. The SMILES string of the molecule is Brc1cccc2c(CSCCN3CC=C(c4cccs4)CC3)c[nH]c12. The number of aromatic nitrogens is 1. The molecule has 0 saturated carbocycles. The molecule has 1 N–H and O–H groups in total. The number of halogens is 1. The van der Waals surface area contributed by atoms with Gasteiger partial charge in [0.1, 0.15) is 0 Å². The van der Waals surface area contributed by atoms with Crippen molar-refractivity contribution in [3.05, 3.63) is 62.9 Å². The molecule has 0 radical (unpaired) electrons. The smallest absolute Gasteiger partial charge is 0.0601 e. The summed E-state index contributed by atoms with van der Waals surface area (Å²) in [7, 11) is 0. The largest absolute Gasteiger partial charge is 0.360 e. The number of hydrogen-bond acceptors (Lipinski definition) is 3. The van der Waals surface area contributed by atoms with E-state index in [1.54, 1.807) is 0 Å². The van der Waals surface area contributed by atoms with Crippen LogP contribution in [0.5, 0.6) is 0 Å². The van der Waals surface area contributed by atoms with Crippen LogP contribution in [0.25, 0.3) is 16.5 Å². The quantitative estimate of drug-likeness (QED) is 0.480. The summed E-state index contributed by atoms with van der Waals surface area (Å²) in [6.45, 7) is 3.45. The maximum atomic E-state index is 3.61. The Hall–Kier alpha value is -1.01. The lowest BCUT2D eigenvalue weighted by Gasteiger charge is -2.25. The number of thioether (sulfide) groups is 1. The molecule has 0 saturated heterocycles. The van der Waals surface area contributed by atoms with Gasteiger partial charge in [-0.15, -0.1) is 11.3 Å². The van der Waals surface area contributed by atoms with Crippen molar-refractivity contribution in [3.8, 4) is 0 Å². The van der Waals surface area contributed by atoms with Crippen LogP contribution in [0.1, 0.15) is 16.9 Å². The zero-order chi connectivity index (χ0) is 17.1. The van der Waals surface area contributed by atoms with Crippen LogP contribution in [-0.2, 0) is 5.75 Å². The summed E-state index contributed by atoms with van der Waals surface area (Å²) in [6.07, 6.45) is 5.75. The average Bonchev–Trinajstić information content (AvgIpc) is 3.30. The highest BCUT2D eigenvalue weighted by Crippen LogP contribution is 2.28. The van der Waals surface area contributed by atoms with E-state index in [1.807, 2.05) is 23.1 Å². The Bertz CT molecular complexity index is 867. The van der Waals surface area contributed by atoms with Gasteiger partial charge in [-0.3, -0.25) is 4.90 Å². The van der Waals surface area contributed by atoms with E-state index in [4.69, 9.17) is 0 Å². The number of benzene rings is 1. The Kier molecular flexibility index (Phi) is 5.66. The van der Waals surface area contributed by atoms with Crippen molar-refractivity contribution in [2.24, 2.45) is 0 Å². The molecule has 0 amide bonds. The first kappa shape index (κ1) is 17.4. The fourth-order valence-electron chi connectivity index (χ4n) is 3.27. The van der Waals surface area contributed by atoms with Crippen LogP contribution in [0.2, 0.25) is 0 Å². The number of rotatable bonds is 6. The van der Waals surface area contributed by atoms with Crippen molar-refractivity contribution >= 4 is 55.5 Å². The number of H-pyrrole nitrogens is 1. The molecule has 0 spiro atoms. The summed E-state index contributed by atoms with van der Waals surface area (Å²) in [6, 6.07) is 10.8. The van der Waals surface area contributed by atoms with Gasteiger partial charge >= 0.3 is 0 Å². The van der Waals surface area contributed by atoms with Gasteiger partial charge in [0, 0.05) is 52.1 Å². The van der Waals surface area contributed by atoms with Crippen LogP contribution in [0, 0.1) is 0 Å². The normalized spacial score (nSPS) is 15.6. The fourth-order valence-corrected chi connectivity index (χ4v) is 5.54. The van der Waals surface area contributed by atoms with Crippen LogP contribution in [0.3, 0.4) is 0 Å². The molecule has 0 fully saturated rings. The van der Waals surface area contributed by atoms with Gasteiger partial charge < -0.3 is 4.98 Å². The first-order chi connectivity index (χ1) is 12.3. The fraction of sp³-hybridized carbons (Fsp3) is 0.300. The molecule has 2 nitrogen and oxygen atoms in total. The number of nitrogens with one attached hydrogen (secondary N) is 1. The number of para-hydroxylation sites is 1. The van der Waals surface area contributed by atoms with E-state index in [0.29, 0.717) is 0 Å². The van der Waals surface area contributed by atoms with Crippen LogP contribution in [0.4, 0.5) is 0 Å². The monoisotopic (exact) mass is 432 g/mol. The number of aromatic amines is 1. The minimum absolute atomic E-state index is 1.07. The van der Waals surface area contributed by atoms with Crippen molar-refractivity contribution in [3.63, 3.8) is 0 Å². The highest BCUT2D eigenvalue weighted by molar-refractivity contribution is 9.10. The molecule has 1 aromatic carbocycles. The third-order valence-corrected chi connectivity index (χ3v) is 7.28. The topological polar surface area (TPSA) is 19.0 Å². The van der Waals surface area contributed by atoms with Crippen molar-refractivity contribution in [2.75, 3.05) is 25.4 Å². The number of hydrogen-bond donors (Lipinski definition) is 1. The molecule has 3 heterocycles. The summed E-state index contributed by atoms with van der Waals surface area (Å²) in [5, 5.41) is 3.51. The van der Waals surface area contributed by atoms with Crippen molar-refractivity contribution in [1.29, 1.82) is 0 Å². The Balaban J connectivity index is 1.25. The maximum Gasteiger partial charge on any atom is 0.0601 e. The average molecular weight is 433 g/mol. The molecule has 0 aliphatic carbocycles. The van der Waals surface area contributed by atoms with Crippen molar-refractivity contribution in [1.82, 2.24) is 9.88 Å². The van der Waals surface area contributed by atoms with Gasteiger partial charge in [-0.05, 0) is 51.0 Å². The zero-order valence-corrected chi connectivity index (χ0v) is 17.2. The third kappa shape index (κ3) is 4.05. The molecule has 0 unspecified atom stereocenters. The summed E-state index contributed by atoms with van der Waals surface area (Å²) < 4.78 is 1.14. The van der Waals surface area contributed by atoms with Crippen LogP contribution in [-0.4, -0.2) is 35.3 Å². The van der Waals surface area contributed by atoms with E-state index in [1.165, 1.54) is 52.2 Å². The van der Waals surface area contributed by atoms with E-state index in [9.17, 15) is 0 Å². The van der Waals surface area contributed by atoms with Crippen molar-refractivity contribution in [2.45, 2.75) is 12.2 Å². The number of fused-ring (bicyclic) bond motifs is 1. The zero-order valence-electron chi connectivity index (χ0n) is 14.0. The van der Waals surface area contributed by atoms with Gasteiger partial charge in [-0.1, -0.05) is 24.3 Å². The van der Waals surface area contributed by atoms with Gasteiger partial charge in [0.15, 0.2) is 0 Å². The first-order valence-electron chi connectivity index (χ1n) is 8.59. The second-order valence-electron chi connectivity index (χ2n) is 6.29. The molecule has 0 atom stereocenters. The summed E-state index contributed by atoms with van der Waals surface area (Å²) in [4.78, 5) is 7.40. The molecule has 130 valence electrons. The summed E-state index contributed by atoms with van der Waals surface area (Å²) in [5.74, 6) is 2.25. The Morgan fingerprint density at radius 3 is 3.00 bits per heavy atom. The maximum absolute atomic E-state index is 3.61. The standard InChI is InChI=1S/C20H21BrN2S2/c21-18-4-1-3-17-16(13-22-20(17)18)14-24-12-10-23-8-6-15(7-9-23)19-5-2-11-25-19/h1-6,11,13,22H,7-10,12,14H2. The lowest BCUT2D eigenvalue weighted by atomic mass is 10.1. The van der Waals surface area contributed by atoms with Gasteiger partial charge in [0.25, 0.3) is 0 Å². The molecule has 1 aliphatic rings. The molecule has 0 bridgehead atoms. The predicted molar refractivity (Wildman–Crippen MR) is 116 cm³/mol. The van der Waals surface area contributed by atoms with Gasteiger partial charge in [-0.25, -0.2) is 0 Å². The van der Waals surface area contributed by atoms with Gasteiger partial charge in [0.2, 0.25) is 0 Å². The second kappa shape index (κ2) is 8.12. The highest BCUT2D eigenvalue weighted by Gasteiger charge is 2.13. The lowest BCUT2D eigenvalue weighted by molar-refractivity contribution is 0.321. The summed E-state index contributed by atoms with van der Waals surface area (Å²) in [5.41, 5.74) is 4.14. The molecular formula is C20H21BrN2S2. The third-order valence-electron chi connectivity index (χ3n) is 4.69. The van der Waals surface area contributed by atoms with Gasteiger partial charge in [0.05, 0.1) is 5.52 Å². The minimum atomic E-state index is 1.07. The Labute approximate surface area is 165 Å². The van der Waals surface area contributed by atoms with E-state index in [-0.39, 0.29) is 0 Å². The number of nitrogens with zero attached hydrogens (tertiary/aromatic N) is 1. The molecule has 2 aromatic heterocycles. The van der Waals surface area contributed by atoms with E-state index in [0.717, 1.165) is 16.8 Å². The minimum Gasteiger partial charge on any atom is -0.360 e. The highest BCUT2D eigenvalue weighted by atomic mass is 79.9. The Morgan fingerprint density at radius 1 is 1.24 bits per heavy atom. The van der Waals surface area contributed by atoms with E-state index >= 15 is 0 Å². The molecule has 1 aliphatic heterocycles. The molecule has 4 rings (SSSR count). The Morgan fingerprint density at radius 2 is 2.20 bits per heavy atom. The molecular weight excluding hydrogens is 412 g/mol. The molecule has 3 aromatic rings. The summed E-state index contributed by atoms with van der Waals surface area (Å²) >= 11 is 7.50. The number of thiophene rings is 1. The van der Waals surface area contributed by atoms with Crippen molar-refractivity contribution < 1.29 is 0 Å². The van der Waals surface area contributed by atoms with Crippen LogP contribution < -0.4 is 0 Å². The second-order valence-corrected chi connectivity index (χ2v) is 9.19. The predicted octanol–water partition coefficient (Wildman–Crippen LogP) is 6.01. The van der Waals surface area contributed by atoms with E-state index in [2.05, 4.69) is 73.8 Å². The van der Waals surface area contributed by atoms with E-state index < -0.39 is 0 Å². The van der Waals surface area contributed by atoms with Crippen LogP contribution >= 0.6 is 39.0 Å². The first-order valence-corrected chi connectivity index (χ1v) is 11.4.